The highest BCUT2D eigenvalue weighted by molar-refractivity contribution is 5.33. The van der Waals surface area contributed by atoms with Crippen molar-refractivity contribution in [1.82, 2.24) is 0 Å². The zero-order chi connectivity index (χ0) is 27.0. The lowest BCUT2D eigenvalue weighted by molar-refractivity contribution is 0.995. The summed E-state index contributed by atoms with van der Waals surface area (Å²) >= 11 is 0. The molecule has 0 heteroatoms. The molecule has 0 bridgehead atoms. The molecule has 0 fully saturated rings. The largest absolute Gasteiger partial charge is 0.0917 e. The van der Waals surface area contributed by atoms with Crippen molar-refractivity contribution in [3.63, 3.8) is 0 Å². The predicted molar refractivity (Wildman–Crippen MR) is 165 cm³/mol. The zero-order valence-corrected chi connectivity index (χ0v) is 24.5. The molecular formula is C36H52. The zero-order valence-electron chi connectivity index (χ0n) is 24.5. The third-order valence-corrected chi connectivity index (χ3v) is 5.56. The SMILES string of the molecule is CC.CC.CC.CC=CCCc1ccc(Cc2ccc(Cc3ccc(CCC=CC)cc3)cc2)cc1. The van der Waals surface area contributed by atoms with Crippen molar-refractivity contribution in [2.24, 2.45) is 0 Å². The fourth-order valence-electron chi connectivity index (χ4n) is 3.73. The van der Waals surface area contributed by atoms with Gasteiger partial charge in [0.2, 0.25) is 0 Å². The van der Waals surface area contributed by atoms with Crippen molar-refractivity contribution in [3.8, 4) is 0 Å². The van der Waals surface area contributed by atoms with Gasteiger partial charge in [0.1, 0.15) is 0 Å². The molecule has 0 aliphatic heterocycles. The summed E-state index contributed by atoms with van der Waals surface area (Å²) in [5.41, 5.74) is 8.34. The molecule has 3 aromatic carbocycles. The second kappa shape index (κ2) is 22.6. The van der Waals surface area contributed by atoms with E-state index >= 15 is 0 Å². The lowest BCUT2D eigenvalue weighted by Crippen LogP contribution is -1.93. The van der Waals surface area contributed by atoms with E-state index in [1.807, 2.05) is 41.5 Å². The second-order valence-electron chi connectivity index (χ2n) is 8.02. The van der Waals surface area contributed by atoms with E-state index in [1.165, 1.54) is 33.4 Å². The third kappa shape index (κ3) is 13.9. The highest BCUT2D eigenvalue weighted by atomic mass is 14.1. The molecule has 36 heavy (non-hydrogen) atoms. The van der Waals surface area contributed by atoms with Crippen molar-refractivity contribution < 1.29 is 0 Å². The van der Waals surface area contributed by atoms with Crippen LogP contribution in [0.5, 0.6) is 0 Å². The Balaban J connectivity index is 0.00000190. The smallest absolute Gasteiger partial charge is 0.00258 e. The molecule has 0 spiro atoms. The summed E-state index contributed by atoms with van der Waals surface area (Å²) in [6.07, 6.45) is 15.2. The maximum atomic E-state index is 2.28. The van der Waals surface area contributed by atoms with Crippen molar-refractivity contribution >= 4 is 0 Å². The molecule has 196 valence electrons. The van der Waals surface area contributed by atoms with Gasteiger partial charge in [-0.1, -0.05) is 139 Å². The van der Waals surface area contributed by atoms with Crippen LogP contribution in [0.3, 0.4) is 0 Å². The van der Waals surface area contributed by atoms with E-state index in [4.69, 9.17) is 0 Å². The lowest BCUT2D eigenvalue weighted by atomic mass is 9.98. The Hall–Kier alpha value is -2.86. The first kappa shape index (κ1) is 33.1. The number of benzene rings is 3. The molecule has 0 aromatic heterocycles. The lowest BCUT2D eigenvalue weighted by Gasteiger charge is -2.07. The summed E-state index contributed by atoms with van der Waals surface area (Å²) in [6.45, 7) is 16.2. The standard InChI is InChI=1S/C30H34.3C2H6/c1-3-5-7-9-25-11-15-27(16-12-25)23-29-19-21-30(22-20-29)24-28-17-13-26(14-18-28)10-8-6-4-2;3*1-2/h3-6,11-22H,7-10,23-24H2,1-2H3;3*1-2H3. The van der Waals surface area contributed by atoms with Crippen molar-refractivity contribution in [2.45, 2.75) is 93.9 Å². The molecule has 0 aliphatic rings. The molecule has 0 aliphatic carbocycles. The molecule has 0 saturated carbocycles. The summed E-state index contributed by atoms with van der Waals surface area (Å²) in [7, 11) is 0. The summed E-state index contributed by atoms with van der Waals surface area (Å²) < 4.78 is 0. The molecule has 0 saturated heterocycles. The van der Waals surface area contributed by atoms with Gasteiger partial charge in [0.15, 0.2) is 0 Å². The molecule has 0 heterocycles. The van der Waals surface area contributed by atoms with Crippen LogP contribution >= 0.6 is 0 Å². The van der Waals surface area contributed by atoms with Crippen LogP contribution in [0.1, 0.15) is 102 Å². The van der Waals surface area contributed by atoms with Crippen LogP contribution in [0.25, 0.3) is 0 Å². The first-order valence-electron chi connectivity index (χ1n) is 14.2. The monoisotopic (exact) mass is 484 g/mol. The van der Waals surface area contributed by atoms with Crippen LogP contribution in [-0.4, -0.2) is 0 Å². The number of rotatable bonds is 10. The highest BCUT2D eigenvalue weighted by Gasteiger charge is 2.01. The van der Waals surface area contributed by atoms with E-state index in [0.717, 1.165) is 38.5 Å². The molecule has 0 N–H and O–H groups in total. The van der Waals surface area contributed by atoms with Gasteiger partial charge in [-0.3, -0.25) is 0 Å². The van der Waals surface area contributed by atoms with Gasteiger partial charge in [-0.2, -0.15) is 0 Å². The topological polar surface area (TPSA) is 0 Å². The number of aryl methyl sites for hydroxylation is 2. The predicted octanol–water partition coefficient (Wildman–Crippen LogP) is 11.0. The van der Waals surface area contributed by atoms with Gasteiger partial charge in [0.05, 0.1) is 0 Å². The molecule has 0 unspecified atom stereocenters. The van der Waals surface area contributed by atoms with E-state index in [9.17, 15) is 0 Å². The fraction of sp³-hybridized carbons (Fsp3) is 0.389. The van der Waals surface area contributed by atoms with Crippen LogP contribution in [0.15, 0.2) is 97.1 Å². The highest BCUT2D eigenvalue weighted by Crippen LogP contribution is 2.16. The van der Waals surface area contributed by atoms with E-state index in [1.54, 1.807) is 0 Å². The summed E-state index contributed by atoms with van der Waals surface area (Å²) in [5.74, 6) is 0. The Bertz CT molecular complexity index is 842. The van der Waals surface area contributed by atoms with Crippen LogP contribution < -0.4 is 0 Å². The Labute approximate surface area is 224 Å². The Morgan fingerprint density at radius 2 is 0.611 bits per heavy atom. The minimum atomic E-state index is 0.996. The maximum absolute atomic E-state index is 2.28. The molecule has 0 atom stereocenters. The van der Waals surface area contributed by atoms with Gasteiger partial charge in [0, 0.05) is 0 Å². The Kier molecular flexibility index (Phi) is 20.8. The first-order chi connectivity index (χ1) is 17.8. The molecule has 0 amide bonds. The van der Waals surface area contributed by atoms with Gasteiger partial charge in [-0.25, -0.2) is 0 Å². The summed E-state index contributed by atoms with van der Waals surface area (Å²) in [6, 6.07) is 27.3. The quantitative estimate of drug-likeness (QED) is 0.251. The molecule has 0 radical (unpaired) electrons. The van der Waals surface area contributed by atoms with Gasteiger partial charge in [0.25, 0.3) is 0 Å². The van der Waals surface area contributed by atoms with E-state index in [2.05, 4.69) is 111 Å². The molecule has 3 aromatic rings. The van der Waals surface area contributed by atoms with Crippen LogP contribution in [0.4, 0.5) is 0 Å². The van der Waals surface area contributed by atoms with E-state index in [0.29, 0.717) is 0 Å². The minimum absolute atomic E-state index is 0.996. The third-order valence-electron chi connectivity index (χ3n) is 5.56. The van der Waals surface area contributed by atoms with Gasteiger partial charge < -0.3 is 0 Å². The fourth-order valence-corrected chi connectivity index (χ4v) is 3.73. The molecule has 0 nitrogen and oxygen atoms in total. The van der Waals surface area contributed by atoms with Crippen molar-refractivity contribution in [1.29, 1.82) is 0 Å². The second-order valence-corrected chi connectivity index (χ2v) is 8.02. The average molecular weight is 485 g/mol. The average Bonchev–Trinajstić information content (AvgIpc) is 2.95. The van der Waals surface area contributed by atoms with E-state index in [-0.39, 0.29) is 0 Å². The van der Waals surface area contributed by atoms with Gasteiger partial charge in [-0.15, -0.1) is 0 Å². The van der Waals surface area contributed by atoms with Gasteiger partial charge >= 0.3 is 0 Å². The van der Waals surface area contributed by atoms with Gasteiger partial charge in [-0.05, 0) is 85.8 Å². The van der Waals surface area contributed by atoms with Crippen LogP contribution in [-0.2, 0) is 25.7 Å². The number of hydrogen-bond acceptors (Lipinski definition) is 0. The summed E-state index contributed by atoms with van der Waals surface area (Å²) in [4.78, 5) is 0. The Morgan fingerprint density at radius 3 is 0.833 bits per heavy atom. The first-order valence-corrected chi connectivity index (χ1v) is 14.2. The number of hydrogen-bond donors (Lipinski definition) is 0. The minimum Gasteiger partial charge on any atom is -0.0917 e. The van der Waals surface area contributed by atoms with E-state index < -0.39 is 0 Å². The molecular weight excluding hydrogens is 432 g/mol. The summed E-state index contributed by atoms with van der Waals surface area (Å²) in [5, 5.41) is 0. The van der Waals surface area contributed by atoms with Crippen LogP contribution in [0.2, 0.25) is 0 Å². The molecule has 3 rings (SSSR count). The number of allylic oxidation sites excluding steroid dienone is 4. The van der Waals surface area contributed by atoms with Crippen LogP contribution in [0, 0.1) is 0 Å². The maximum Gasteiger partial charge on any atom is -0.00258 e. The van der Waals surface area contributed by atoms with Crippen molar-refractivity contribution in [3.05, 3.63) is 130 Å². The Morgan fingerprint density at radius 1 is 0.389 bits per heavy atom. The normalized spacial score (nSPS) is 10.1. The van der Waals surface area contributed by atoms with Crippen molar-refractivity contribution in [2.75, 3.05) is 0 Å².